The van der Waals surface area contributed by atoms with Gasteiger partial charge in [0.1, 0.15) is 10.7 Å². The Labute approximate surface area is 300 Å². The molecule has 0 amide bonds. The van der Waals surface area contributed by atoms with E-state index in [0.717, 1.165) is 59.0 Å². The molecule has 50 heavy (non-hydrogen) atoms. The lowest BCUT2D eigenvalue weighted by Crippen LogP contribution is -2.49. The lowest BCUT2D eigenvalue weighted by molar-refractivity contribution is 0.558. The van der Waals surface area contributed by atoms with Crippen LogP contribution in [0.2, 0.25) is 0 Å². The van der Waals surface area contributed by atoms with Crippen LogP contribution in [0.5, 0.6) is 0 Å². The average molecular weight is 679 g/mol. The summed E-state index contributed by atoms with van der Waals surface area (Å²) >= 11 is 0. The molecule has 0 aliphatic heterocycles. The zero-order chi connectivity index (χ0) is 35.2. The molecule has 1 aromatic carbocycles. The monoisotopic (exact) mass is 678 g/mol. The largest absolute Gasteiger partial charge is 0.316 e. The maximum atomic E-state index is 13.9. The van der Waals surface area contributed by atoms with E-state index >= 15 is 0 Å². The molecule has 0 radical (unpaired) electrons. The highest BCUT2D eigenvalue weighted by Gasteiger charge is 2.13. The van der Waals surface area contributed by atoms with E-state index in [1.165, 1.54) is 103 Å². The van der Waals surface area contributed by atoms with E-state index in [4.69, 9.17) is 4.98 Å². The third-order valence-corrected chi connectivity index (χ3v) is 10.0. The van der Waals surface area contributed by atoms with Crippen molar-refractivity contribution in [1.82, 2.24) is 19.9 Å². The van der Waals surface area contributed by atoms with Crippen LogP contribution >= 0.6 is 0 Å². The minimum Gasteiger partial charge on any atom is -0.316 e. The fourth-order valence-corrected chi connectivity index (χ4v) is 7.02. The predicted octanol–water partition coefficient (Wildman–Crippen LogP) is 10.0. The molecule has 0 unspecified atom stereocenters. The molecule has 6 heteroatoms. The van der Waals surface area contributed by atoms with E-state index in [9.17, 15) is 9.59 Å². The highest BCUT2D eigenvalue weighted by molar-refractivity contribution is 5.84. The van der Waals surface area contributed by atoms with Gasteiger partial charge in [0.15, 0.2) is 0 Å². The third-order valence-electron chi connectivity index (χ3n) is 10.0. The summed E-state index contributed by atoms with van der Waals surface area (Å²) in [6, 6.07) is 15.9. The van der Waals surface area contributed by atoms with Crippen molar-refractivity contribution in [2.45, 2.75) is 155 Å². The highest BCUT2D eigenvalue weighted by Crippen LogP contribution is 2.22. The zero-order valence-electron chi connectivity index (χ0n) is 31.0. The number of benzene rings is 1. The second kappa shape index (κ2) is 22.8. The Bertz CT molecular complexity index is 1790. The van der Waals surface area contributed by atoms with Crippen molar-refractivity contribution >= 4 is 21.9 Å². The Morgan fingerprint density at radius 3 is 1.42 bits per heavy atom. The van der Waals surface area contributed by atoms with Crippen LogP contribution in [0.4, 0.5) is 0 Å². The number of aromatic amines is 2. The molecule has 3 heterocycles. The Kier molecular flexibility index (Phi) is 17.8. The van der Waals surface area contributed by atoms with Gasteiger partial charge >= 0.3 is 0 Å². The van der Waals surface area contributed by atoms with Gasteiger partial charge in [0.2, 0.25) is 0 Å². The van der Waals surface area contributed by atoms with Crippen LogP contribution < -0.4 is 21.8 Å². The Hall–Kier alpha value is -3.80. The van der Waals surface area contributed by atoms with Crippen molar-refractivity contribution < 1.29 is 0 Å². The van der Waals surface area contributed by atoms with Gasteiger partial charge in [-0.25, -0.2) is 0 Å². The summed E-state index contributed by atoms with van der Waals surface area (Å²) in [6.45, 7) is 4.52. The number of unbranched alkanes of at least 4 members (excludes halogenated alkanes) is 18. The molecule has 3 aromatic heterocycles. The van der Waals surface area contributed by atoms with Crippen molar-refractivity contribution in [1.29, 1.82) is 0 Å². The summed E-state index contributed by atoms with van der Waals surface area (Å²) in [5.41, 5.74) is 2.52. The molecular formula is C44H62N4O2. The lowest BCUT2D eigenvalue weighted by atomic mass is 10.00. The third kappa shape index (κ3) is 12.8. The van der Waals surface area contributed by atoms with Gasteiger partial charge in [0.25, 0.3) is 11.1 Å². The van der Waals surface area contributed by atoms with Crippen LogP contribution in [-0.4, -0.2) is 19.9 Å². The van der Waals surface area contributed by atoms with E-state index in [2.05, 4.69) is 34.9 Å². The summed E-state index contributed by atoms with van der Waals surface area (Å²) in [6.07, 6.45) is 29.7. The fourth-order valence-electron chi connectivity index (χ4n) is 7.02. The number of hydrogen-bond donors (Lipinski definition) is 2. The number of fused-ring (bicyclic) bond motifs is 1. The number of aromatic nitrogens is 4. The highest BCUT2D eigenvalue weighted by atomic mass is 16.1. The van der Waals surface area contributed by atoms with Crippen LogP contribution in [-0.2, 0) is 0 Å². The van der Waals surface area contributed by atoms with Gasteiger partial charge in [-0.3, -0.25) is 19.6 Å². The molecule has 0 saturated heterocycles. The van der Waals surface area contributed by atoms with Crippen molar-refractivity contribution in [3.8, 4) is 0 Å². The first-order valence-corrected chi connectivity index (χ1v) is 20.0. The average Bonchev–Trinajstić information content (AvgIpc) is 3.14. The van der Waals surface area contributed by atoms with Crippen molar-refractivity contribution in [2.24, 2.45) is 0 Å². The van der Waals surface area contributed by atoms with Crippen LogP contribution in [0.15, 0.2) is 70.5 Å². The second-order valence-electron chi connectivity index (χ2n) is 14.1. The number of nitrogens with one attached hydrogen (secondary N) is 2. The lowest BCUT2D eigenvalue weighted by Gasteiger charge is -2.10. The first-order chi connectivity index (χ1) is 24.6. The van der Waals surface area contributed by atoms with Gasteiger partial charge in [0.05, 0.1) is 11.4 Å². The van der Waals surface area contributed by atoms with Gasteiger partial charge in [-0.15, -0.1) is 0 Å². The molecule has 0 bridgehead atoms. The number of H-pyrrole nitrogens is 2. The van der Waals surface area contributed by atoms with Gasteiger partial charge < -0.3 is 9.97 Å². The summed E-state index contributed by atoms with van der Waals surface area (Å²) in [5.74, 6) is 0. The van der Waals surface area contributed by atoms with Gasteiger partial charge in [-0.05, 0) is 49.3 Å². The quantitative estimate of drug-likeness (QED) is 0.0722. The smallest absolute Gasteiger partial charge is 0.272 e. The number of hydrogen-bond acceptors (Lipinski definition) is 4. The summed E-state index contributed by atoms with van der Waals surface area (Å²) < 4.78 is 0. The standard InChI is InChI=1S/C44H62N4O2/c1-3-5-7-9-11-13-15-17-19-21-29-37(39-31-25-26-32-45-39)41-43(49)48-42(44(50)47-41)38(30-22-20-18-16-14-12-10-8-6-4-2)40-33-35-27-23-24-28-36(35)34-46-40/h23-28,31-34H,3-22,29-30H2,1-2H3,(H,47,50)(H,48,49)/b41-37-,42-38-. The van der Waals surface area contributed by atoms with Crippen molar-refractivity contribution in [3.63, 3.8) is 0 Å². The molecular weight excluding hydrogens is 617 g/mol. The SMILES string of the molecule is CCCCCCCCCCCC/C(c1ccccn1)=c1/[nH]c(=O)/c(=C(\CCCCCCCCCCCC)c2cc3ccccc3cn2)[nH]c1=O. The molecule has 2 N–H and O–H groups in total. The topological polar surface area (TPSA) is 91.5 Å². The van der Waals surface area contributed by atoms with E-state index in [0.29, 0.717) is 23.5 Å². The fraction of sp³-hybridized carbons (Fsp3) is 0.545. The molecule has 4 rings (SSSR count). The maximum Gasteiger partial charge on any atom is 0.272 e. The van der Waals surface area contributed by atoms with Crippen LogP contribution in [0.3, 0.4) is 0 Å². The van der Waals surface area contributed by atoms with E-state index < -0.39 is 0 Å². The number of pyridine rings is 2. The second-order valence-corrected chi connectivity index (χ2v) is 14.1. The Morgan fingerprint density at radius 1 is 0.500 bits per heavy atom. The molecule has 6 nitrogen and oxygen atoms in total. The molecule has 0 saturated carbocycles. The molecule has 270 valence electrons. The van der Waals surface area contributed by atoms with E-state index in [1.807, 2.05) is 48.7 Å². The van der Waals surface area contributed by atoms with Crippen LogP contribution in [0.1, 0.15) is 166 Å². The minimum absolute atomic E-state index is 0.284. The van der Waals surface area contributed by atoms with Gasteiger partial charge in [-0.2, -0.15) is 0 Å². The van der Waals surface area contributed by atoms with Crippen molar-refractivity contribution in [3.05, 3.63) is 104 Å². The number of nitrogens with zero attached hydrogens (tertiary/aromatic N) is 2. The summed E-state index contributed by atoms with van der Waals surface area (Å²) in [7, 11) is 0. The van der Waals surface area contributed by atoms with Gasteiger partial charge in [-0.1, -0.05) is 160 Å². The molecule has 4 aromatic rings. The Morgan fingerprint density at radius 2 is 0.940 bits per heavy atom. The van der Waals surface area contributed by atoms with Crippen molar-refractivity contribution in [2.75, 3.05) is 0 Å². The van der Waals surface area contributed by atoms with Crippen LogP contribution in [0.25, 0.3) is 21.9 Å². The van der Waals surface area contributed by atoms with E-state index in [1.54, 1.807) is 6.20 Å². The van der Waals surface area contributed by atoms with Crippen LogP contribution in [0, 0.1) is 0 Å². The minimum atomic E-state index is -0.284. The summed E-state index contributed by atoms with van der Waals surface area (Å²) in [4.78, 5) is 43.2. The Balaban J connectivity index is 1.56. The normalized spacial score (nSPS) is 12.8. The molecule has 0 atom stereocenters. The maximum absolute atomic E-state index is 13.9. The molecule has 0 spiro atoms. The summed E-state index contributed by atoms with van der Waals surface area (Å²) in [5, 5.41) is 2.75. The molecule has 0 aliphatic rings. The number of rotatable bonds is 24. The van der Waals surface area contributed by atoms with E-state index in [-0.39, 0.29) is 11.1 Å². The molecule has 0 aliphatic carbocycles. The predicted molar refractivity (Wildman–Crippen MR) is 211 cm³/mol. The zero-order valence-corrected chi connectivity index (χ0v) is 31.0. The molecule has 0 fully saturated rings. The first kappa shape index (κ1) is 39.0. The first-order valence-electron chi connectivity index (χ1n) is 20.0. The van der Waals surface area contributed by atoms with Gasteiger partial charge in [0, 0.05) is 28.9 Å².